The summed E-state index contributed by atoms with van der Waals surface area (Å²) in [5.41, 5.74) is 0.228. The zero-order valence-electron chi connectivity index (χ0n) is 22.2. The molecule has 0 amide bonds. The third-order valence-corrected chi connectivity index (χ3v) is 8.37. The van der Waals surface area contributed by atoms with Crippen molar-refractivity contribution in [1.82, 2.24) is 0 Å². The van der Waals surface area contributed by atoms with Crippen LogP contribution in [0.1, 0.15) is 74.8 Å². The van der Waals surface area contributed by atoms with E-state index >= 15 is 0 Å². The Morgan fingerprint density at radius 1 is 0.718 bits per heavy atom. The minimum atomic E-state index is -1.33. The number of allylic oxidation sites excluding steroid dienone is 2. The highest BCUT2D eigenvalue weighted by Crippen LogP contribution is 2.38. The number of halogens is 5. The van der Waals surface area contributed by atoms with Crippen molar-refractivity contribution in [3.63, 3.8) is 0 Å². The van der Waals surface area contributed by atoms with Crippen LogP contribution in [0.3, 0.4) is 0 Å². The fourth-order valence-corrected chi connectivity index (χ4v) is 5.86. The molecule has 1 unspecified atom stereocenters. The lowest BCUT2D eigenvalue weighted by atomic mass is 9.78. The Balaban J connectivity index is 1.31. The molecule has 0 saturated heterocycles. The van der Waals surface area contributed by atoms with E-state index in [9.17, 15) is 22.0 Å². The zero-order chi connectivity index (χ0) is 27.9. The Labute approximate surface area is 227 Å². The molecule has 0 aromatic heterocycles. The topological polar surface area (TPSA) is 18.5 Å². The summed E-state index contributed by atoms with van der Waals surface area (Å²) in [5.74, 6) is -4.47. The van der Waals surface area contributed by atoms with E-state index in [4.69, 9.17) is 9.47 Å². The van der Waals surface area contributed by atoms with Crippen molar-refractivity contribution >= 4 is 0 Å². The second kappa shape index (κ2) is 13.5. The zero-order valence-corrected chi connectivity index (χ0v) is 22.2. The molecule has 0 aliphatic heterocycles. The van der Waals surface area contributed by atoms with Crippen LogP contribution in [-0.2, 0) is 6.61 Å². The Morgan fingerprint density at radius 2 is 1.28 bits per heavy atom. The SMILES string of the molecule is C=CC1CCC(CC(F)COc2ccc(OCc3ccc(C4CCC(C=C)CC4)c(F)c3F)c(F)c2F)CC1. The Morgan fingerprint density at radius 3 is 1.87 bits per heavy atom. The molecular weight excluding hydrogens is 511 g/mol. The summed E-state index contributed by atoms with van der Waals surface area (Å²) in [4.78, 5) is 0. The van der Waals surface area contributed by atoms with Crippen molar-refractivity contribution < 1.29 is 31.4 Å². The van der Waals surface area contributed by atoms with Gasteiger partial charge in [-0.3, -0.25) is 0 Å². The minimum absolute atomic E-state index is 0.0686. The smallest absolute Gasteiger partial charge is 0.204 e. The normalized spacial score (nSPS) is 24.1. The summed E-state index contributed by atoms with van der Waals surface area (Å²) in [6.07, 6.45) is 9.93. The summed E-state index contributed by atoms with van der Waals surface area (Å²) in [6, 6.07) is 5.25. The maximum atomic E-state index is 14.8. The van der Waals surface area contributed by atoms with Gasteiger partial charge in [-0.05, 0) is 99.2 Å². The molecule has 0 N–H and O–H groups in total. The van der Waals surface area contributed by atoms with Crippen LogP contribution in [0.2, 0.25) is 0 Å². The summed E-state index contributed by atoms with van der Waals surface area (Å²) in [6.45, 7) is 6.75. The summed E-state index contributed by atoms with van der Waals surface area (Å²) < 4.78 is 83.8. The molecule has 39 heavy (non-hydrogen) atoms. The lowest BCUT2D eigenvalue weighted by Crippen LogP contribution is -2.21. The van der Waals surface area contributed by atoms with Crippen LogP contribution >= 0.6 is 0 Å². The maximum absolute atomic E-state index is 14.8. The first-order valence-electron chi connectivity index (χ1n) is 13.9. The average molecular weight is 549 g/mol. The van der Waals surface area contributed by atoms with E-state index in [0.717, 1.165) is 63.5 Å². The molecule has 2 nitrogen and oxygen atoms in total. The van der Waals surface area contributed by atoms with E-state index in [-0.39, 0.29) is 24.0 Å². The van der Waals surface area contributed by atoms with E-state index in [0.29, 0.717) is 23.8 Å². The van der Waals surface area contributed by atoms with E-state index in [1.54, 1.807) is 6.07 Å². The highest BCUT2D eigenvalue weighted by molar-refractivity contribution is 5.36. The molecule has 212 valence electrons. The Kier molecular flexibility index (Phi) is 10.1. The molecule has 2 saturated carbocycles. The van der Waals surface area contributed by atoms with E-state index in [1.807, 2.05) is 12.2 Å². The van der Waals surface area contributed by atoms with Gasteiger partial charge in [0.15, 0.2) is 23.1 Å². The summed E-state index contributed by atoms with van der Waals surface area (Å²) in [5, 5.41) is 0. The van der Waals surface area contributed by atoms with Crippen LogP contribution < -0.4 is 9.47 Å². The molecule has 0 heterocycles. The predicted molar refractivity (Wildman–Crippen MR) is 143 cm³/mol. The van der Waals surface area contributed by atoms with Gasteiger partial charge in [0.05, 0.1) is 0 Å². The van der Waals surface area contributed by atoms with Crippen LogP contribution in [-0.4, -0.2) is 12.8 Å². The standard InChI is InChI=1S/C32H37F5O2/c1-3-20-5-7-22(8-6-20)17-25(33)19-39-28-16-15-27(31(36)32(28)37)38-18-24-13-14-26(30(35)29(24)34)23-11-9-21(4-2)10-12-23/h3-4,13-16,20-23,25H,1-2,5-12,17-19H2. The van der Waals surface area contributed by atoms with Gasteiger partial charge in [0.25, 0.3) is 0 Å². The average Bonchev–Trinajstić information content (AvgIpc) is 2.96. The van der Waals surface area contributed by atoms with Crippen molar-refractivity contribution in [1.29, 1.82) is 0 Å². The van der Waals surface area contributed by atoms with Crippen molar-refractivity contribution in [2.24, 2.45) is 17.8 Å². The minimum Gasteiger partial charge on any atom is -0.487 e. The number of hydrogen-bond acceptors (Lipinski definition) is 2. The van der Waals surface area contributed by atoms with Gasteiger partial charge < -0.3 is 9.47 Å². The first-order chi connectivity index (χ1) is 18.8. The largest absolute Gasteiger partial charge is 0.487 e. The Hall–Kier alpha value is -2.83. The van der Waals surface area contributed by atoms with Gasteiger partial charge in [-0.25, -0.2) is 13.2 Å². The monoisotopic (exact) mass is 548 g/mol. The molecular formula is C32H37F5O2. The fraction of sp³-hybridized carbons (Fsp3) is 0.500. The highest BCUT2D eigenvalue weighted by Gasteiger charge is 2.26. The third-order valence-electron chi connectivity index (χ3n) is 8.37. The number of rotatable bonds is 11. The second-order valence-corrected chi connectivity index (χ2v) is 10.9. The van der Waals surface area contributed by atoms with Crippen molar-refractivity contribution in [2.75, 3.05) is 6.61 Å². The lowest BCUT2D eigenvalue weighted by molar-refractivity contribution is 0.147. The first kappa shape index (κ1) is 29.2. The van der Waals surface area contributed by atoms with Gasteiger partial charge in [0.2, 0.25) is 11.6 Å². The number of alkyl halides is 1. The molecule has 2 aromatic rings. The van der Waals surface area contributed by atoms with Crippen molar-refractivity contribution in [3.05, 3.63) is 84.0 Å². The number of hydrogen-bond donors (Lipinski definition) is 0. The first-order valence-corrected chi connectivity index (χ1v) is 13.9. The van der Waals surface area contributed by atoms with Crippen LogP contribution in [0.4, 0.5) is 22.0 Å². The second-order valence-electron chi connectivity index (χ2n) is 10.9. The predicted octanol–water partition coefficient (Wildman–Crippen LogP) is 9.38. The summed E-state index contributed by atoms with van der Waals surface area (Å²) in [7, 11) is 0. The van der Waals surface area contributed by atoms with Gasteiger partial charge in [-0.15, -0.1) is 13.2 Å². The van der Waals surface area contributed by atoms with Crippen LogP contribution in [0.25, 0.3) is 0 Å². The van der Waals surface area contributed by atoms with Gasteiger partial charge >= 0.3 is 0 Å². The van der Waals surface area contributed by atoms with E-state index < -0.39 is 47.5 Å². The van der Waals surface area contributed by atoms with Crippen LogP contribution in [0.5, 0.6) is 11.5 Å². The Bertz CT molecular complexity index is 1130. The highest BCUT2D eigenvalue weighted by atomic mass is 19.2. The maximum Gasteiger partial charge on any atom is 0.204 e. The molecule has 2 aliphatic rings. The van der Waals surface area contributed by atoms with Gasteiger partial charge in [0, 0.05) is 5.56 Å². The lowest BCUT2D eigenvalue weighted by Gasteiger charge is -2.27. The van der Waals surface area contributed by atoms with Crippen LogP contribution in [0.15, 0.2) is 49.6 Å². The van der Waals surface area contributed by atoms with Gasteiger partial charge in [-0.2, -0.15) is 8.78 Å². The molecule has 0 spiro atoms. The van der Waals surface area contributed by atoms with Gasteiger partial charge in [-0.1, -0.05) is 24.3 Å². The fourth-order valence-electron chi connectivity index (χ4n) is 5.86. The van der Waals surface area contributed by atoms with E-state index in [2.05, 4.69) is 13.2 Å². The van der Waals surface area contributed by atoms with E-state index in [1.165, 1.54) is 6.07 Å². The molecule has 0 bridgehead atoms. The van der Waals surface area contributed by atoms with Crippen molar-refractivity contribution in [2.45, 2.75) is 76.5 Å². The molecule has 0 radical (unpaired) electrons. The molecule has 2 fully saturated rings. The van der Waals surface area contributed by atoms with Gasteiger partial charge in [0.1, 0.15) is 19.4 Å². The molecule has 2 aromatic carbocycles. The molecule has 2 aliphatic carbocycles. The molecule has 1 atom stereocenters. The van der Waals surface area contributed by atoms with Crippen LogP contribution in [0, 0.1) is 41.0 Å². The molecule has 4 rings (SSSR count). The number of ether oxygens (including phenoxy) is 2. The quantitative estimate of drug-likeness (QED) is 0.206. The summed E-state index contributed by atoms with van der Waals surface area (Å²) >= 11 is 0. The number of benzene rings is 2. The van der Waals surface area contributed by atoms with Crippen molar-refractivity contribution in [3.8, 4) is 11.5 Å². The molecule has 7 heteroatoms. The third kappa shape index (κ3) is 7.23.